The number of carbonyl (C=O) groups excluding carboxylic acids is 3. The first kappa shape index (κ1) is 19.9. The Morgan fingerprint density at radius 2 is 1.39 bits per heavy atom. The molecule has 1 saturated heterocycles. The molecule has 0 aromatic rings. The molecule has 0 unspecified atom stereocenters. The highest BCUT2D eigenvalue weighted by Crippen LogP contribution is 2.07. The zero-order valence-corrected chi connectivity index (χ0v) is 14.6. The Labute approximate surface area is 146 Å². The molecule has 1 fully saturated rings. The molecule has 23 heavy (non-hydrogen) atoms. The molecule has 2 amide bonds. The average molecular weight is 366 g/mol. The highest BCUT2D eigenvalue weighted by atomic mass is 32.1. The Kier molecular flexibility index (Phi) is 9.88. The lowest BCUT2D eigenvalue weighted by molar-refractivity contribution is -0.144. The zero-order valence-electron chi connectivity index (χ0n) is 12.8. The number of urea groups is 1. The summed E-state index contributed by atoms with van der Waals surface area (Å²) in [5, 5.41) is 0. The largest absolute Gasteiger partial charge is 0.464 e. The summed E-state index contributed by atoms with van der Waals surface area (Å²) < 4.78 is 15.3. The molecular weight excluding hydrogens is 344 g/mol. The molecule has 0 radical (unpaired) electrons. The summed E-state index contributed by atoms with van der Waals surface area (Å²) in [4.78, 5) is 37.5. The van der Waals surface area contributed by atoms with Crippen LogP contribution in [0.25, 0.3) is 0 Å². The van der Waals surface area contributed by atoms with Gasteiger partial charge in [-0.25, -0.2) is 4.79 Å². The molecule has 0 N–H and O–H groups in total. The molecule has 1 aliphatic heterocycles. The van der Waals surface area contributed by atoms with Crippen molar-refractivity contribution in [2.45, 2.75) is 12.8 Å². The Morgan fingerprint density at radius 3 is 1.78 bits per heavy atom. The van der Waals surface area contributed by atoms with Gasteiger partial charge in [-0.15, -0.1) is 0 Å². The predicted octanol–water partition coefficient (Wildman–Crippen LogP) is 0.382. The van der Waals surface area contributed by atoms with Gasteiger partial charge in [0.25, 0.3) is 0 Å². The maximum absolute atomic E-state index is 12.2. The van der Waals surface area contributed by atoms with Gasteiger partial charge in [-0.2, -0.15) is 25.3 Å². The van der Waals surface area contributed by atoms with Crippen molar-refractivity contribution in [3.8, 4) is 0 Å². The van der Waals surface area contributed by atoms with Gasteiger partial charge in [0, 0.05) is 11.5 Å². The molecule has 0 atom stereocenters. The summed E-state index contributed by atoms with van der Waals surface area (Å²) in [6, 6.07) is -0.244. The minimum atomic E-state index is -0.349. The van der Waals surface area contributed by atoms with Crippen LogP contribution in [-0.2, 0) is 23.8 Å². The van der Waals surface area contributed by atoms with Crippen LogP contribution in [0, 0.1) is 0 Å². The number of amides is 2. The summed E-state index contributed by atoms with van der Waals surface area (Å²) in [5.74, 6) is 0.144. The van der Waals surface area contributed by atoms with Crippen molar-refractivity contribution in [1.82, 2.24) is 9.80 Å². The first-order chi connectivity index (χ1) is 11.1. The molecule has 10 heteroatoms. The van der Waals surface area contributed by atoms with E-state index in [2.05, 4.69) is 25.3 Å². The van der Waals surface area contributed by atoms with Gasteiger partial charge in [0.05, 0.1) is 25.9 Å². The number of hydrogen-bond acceptors (Lipinski definition) is 8. The lowest BCUT2D eigenvalue weighted by Crippen LogP contribution is -2.52. The van der Waals surface area contributed by atoms with E-state index >= 15 is 0 Å². The first-order valence-corrected chi connectivity index (χ1v) is 8.49. The van der Waals surface area contributed by atoms with Crippen LogP contribution in [0.4, 0.5) is 4.79 Å². The van der Waals surface area contributed by atoms with E-state index in [1.165, 1.54) is 9.80 Å². The Morgan fingerprint density at radius 1 is 0.957 bits per heavy atom. The van der Waals surface area contributed by atoms with Gasteiger partial charge in [0.15, 0.2) is 0 Å². The van der Waals surface area contributed by atoms with Crippen molar-refractivity contribution in [1.29, 1.82) is 0 Å². The monoisotopic (exact) mass is 366 g/mol. The van der Waals surface area contributed by atoms with Gasteiger partial charge in [0.1, 0.15) is 26.7 Å². The quantitative estimate of drug-likeness (QED) is 0.430. The summed E-state index contributed by atoms with van der Waals surface area (Å²) in [5.41, 5.74) is 0. The molecule has 132 valence electrons. The number of ether oxygens (including phenoxy) is 3. The molecular formula is C13H22N2O6S2. The van der Waals surface area contributed by atoms with Gasteiger partial charge in [-0.1, -0.05) is 0 Å². The molecule has 0 aromatic heterocycles. The van der Waals surface area contributed by atoms with Gasteiger partial charge >= 0.3 is 18.0 Å². The second kappa shape index (κ2) is 11.4. The van der Waals surface area contributed by atoms with Crippen LogP contribution >= 0.6 is 25.3 Å². The van der Waals surface area contributed by atoms with E-state index in [4.69, 9.17) is 14.2 Å². The molecule has 0 aliphatic carbocycles. The van der Waals surface area contributed by atoms with Crippen LogP contribution < -0.4 is 0 Å². The maximum atomic E-state index is 12.2. The Hall–Kier alpha value is -1.13. The van der Waals surface area contributed by atoms with Crippen LogP contribution in [0.15, 0.2) is 0 Å². The first-order valence-electron chi connectivity index (χ1n) is 7.23. The van der Waals surface area contributed by atoms with Crippen LogP contribution in [0.3, 0.4) is 0 Å². The summed E-state index contributed by atoms with van der Waals surface area (Å²) in [6.45, 7) is 0.969. The van der Waals surface area contributed by atoms with Crippen molar-refractivity contribution < 1.29 is 28.6 Å². The lowest BCUT2D eigenvalue weighted by Gasteiger charge is -2.35. The van der Waals surface area contributed by atoms with E-state index in [1.807, 2.05) is 0 Å². The smallest absolute Gasteiger partial charge is 0.323 e. The van der Waals surface area contributed by atoms with Crippen LogP contribution in [0.5, 0.6) is 0 Å². The fraction of sp³-hybridized carbons (Fsp3) is 0.769. The highest BCUT2D eigenvalue weighted by Gasteiger charge is 2.26. The number of hydrogen-bond donors (Lipinski definition) is 2. The van der Waals surface area contributed by atoms with E-state index < -0.39 is 0 Å². The van der Waals surface area contributed by atoms with Crippen molar-refractivity contribution >= 4 is 43.2 Å². The van der Waals surface area contributed by atoms with E-state index in [1.54, 1.807) is 0 Å². The number of nitrogens with zero attached hydrogens (tertiary/aromatic N) is 2. The van der Waals surface area contributed by atoms with Crippen LogP contribution in [0.2, 0.25) is 0 Å². The zero-order chi connectivity index (χ0) is 17.1. The SMILES string of the molecule is O=C(CCS)OCCN1COCN(CCOC(=O)CCS)C1=O. The molecule has 1 heterocycles. The van der Waals surface area contributed by atoms with Gasteiger partial charge in [0.2, 0.25) is 0 Å². The lowest BCUT2D eigenvalue weighted by atomic mass is 10.5. The molecule has 0 saturated carbocycles. The summed E-state index contributed by atoms with van der Waals surface area (Å²) in [6.07, 6.45) is 0.467. The van der Waals surface area contributed by atoms with Crippen molar-refractivity contribution in [2.75, 3.05) is 51.3 Å². The number of carbonyl (C=O) groups is 3. The third-order valence-electron chi connectivity index (χ3n) is 2.92. The number of esters is 2. The van der Waals surface area contributed by atoms with Gasteiger partial charge in [-0.3, -0.25) is 19.4 Å². The molecule has 8 nitrogen and oxygen atoms in total. The fourth-order valence-corrected chi connectivity index (χ4v) is 2.12. The molecule has 1 aliphatic rings. The summed E-state index contributed by atoms with van der Waals surface area (Å²) >= 11 is 7.88. The van der Waals surface area contributed by atoms with Crippen LogP contribution in [0.1, 0.15) is 12.8 Å². The van der Waals surface area contributed by atoms with Crippen molar-refractivity contribution in [3.63, 3.8) is 0 Å². The normalized spacial score (nSPS) is 14.8. The molecule has 0 aromatic carbocycles. The predicted molar refractivity (Wildman–Crippen MR) is 88.5 cm³/mol. The Bertz CT molecular complexity index is 376. The van der Waals surface area contributed by atoms with Crippen molar-refractivity contribution in [2.24, 2.45) is 0 Å². The molecule has 0 spiro atoms. The van der Waals surface area contributed by atoms with E-state index in [-0.39, 0.29) is 70.6 Å². The third-order valence-corrected chi connectivity index (χ3v) is 3.36. The second-order valence-electron chi connectivity index (χ2n) is 4.66. The third kappa shape index (κ3) is 7.80. The average Bonchev–Trinajstić information content (AvgIpc) is 2.51. The summed E-state index contributed by atoms with van der Waals surface area (Å²) in [7, 11) is 0. The second-order valence-corrected chi connectivity index (χ2v) is 5.55. The van der Waals surface area contributed by atoms with E-state index in [0.29, 0.717) is 11.5 Å². The maximum Gasteiger partial charge on any atom is 0.323 e. The minimum Gasteiger partial charge on any atom is -0.464 e. The van der Waals surface area contributed by atoms with E-state index in [9.17, 15) is 14.4 Å². The van der Waals surface area contributed by atoms with Crippen molar-refractivity contribution in [3.05, 3.63) is 0 Å². The van der Waals surface area contributed by atoms with E-state index in [0.717, 1.165) is 0 Å². The number of thiol groups is 2. The van der Waals surface area contributed by atoms with Crippen LogP contribution in [-0.4, -0.2) is 79.0 Å². The highest BCUT2D eigenvalue weighted by molar-refractivity contribution is 7.80. The molecule has 0 bridgehead atoms. The van der Waals surface area contributed by atoms with Gasteiger partial charge < -0.3 is 14.2 Å². The Balaban J connectivity index is 2.28. The standard InChI is InChI=1S/C13H22N2O6S2/c16-11(1-7-22)20-5-3-14-9-19-10-15(13(14)18)4-6-21-12(17)2-8-23/h22-23H,1-10H2. The molecule has 1 rings (SSSR count). The topological polar surface area (TPSA) is 85.4 Å². The van der Waals surface area contributed by atoms with Gasteiger partial charge in [-0.05, 0) is 0 Å². The fourth-order valence-electron chi connectivity index (χ4n) is 1.76. The number of rotatable bonds is 10. The minimum absolute atomic E-state index is 0.104.